The Morgan fingerprint density at radius 3 is 2.45 bits per heavy atom. The Kier molecular flexibility index (Phi) is 8.55. The first kappa shape index (κ1) is 27.5. The summed E-state index contributed by atoms with van der Waals surface area (Å²) < 4.78 is 0. The van der Waals surface area contributed by atoms with Crippen molar-refractivity contribution in [2.45, 2.75) is 31.7 Å². The van der Waals surface area contributed by atoms with E-state index < -0.39 is 0 Å². The fourth-order valence-corrected chi connectivity index (χ4v) is 5.37. The highest BCUT2D eigenvalue weighted by Gasteiger charge is 2.39. The zero-order valence-corrected chi connectivity index (χ0v) is 23.3. The van der Waals surface area contributed by atoms with Crippen LogP contribution in [0.2, 0.25) is 5.02 Å². The number of hydrogen-bond acceptors (Lipinski definition) is 4. The summed E-state index contributed by atoms with van der Waals surface area (Å²) >= 11 is 6.12. The van der Waals surface area contributed by atoms with Crippen LogP contribution in [0.4, 0.5) is 16.2 Å². The lowest BCUT2D eigenvalue weighted by Gasteiger charge is -2.26. The summed E-state index contributed by atoms with van der Waals surface area (Å²) in [5.41, 5.74) is 3.47. The van der Waals surface area contributed by atoms with Gasteiger partial charge in [-0.15, -0.1) is 0 Å². The third kappa shape index (κ3) is 6.57. The Balaban J connectivity index is 1.36. The van der Waals surface area contributed by atoms with E-state index in [4.69, 9.17) is 11.6 Å². The van der Waals surface area contributed by atoms with Crippen LogP contribution in [0, 0.1) is 0 Å². The number of nitrogens with one attached hydrogen (secondary N) is 3. The number of carbonyl (C=O) groups excluding carboxylic acids is 3. The van der Waals surface area contributed by atoms with Gasteiger partial charge in [0.1, 0.15) is 0 Å². The third-order valence-electron chi connectivity index (χ3n) is 7.38. The Hall–Kier alpha value is -4.04. The van der Waals surface area contributed by atoms with Crippen LogP contribution >= 0.6 is 11.6 Å². The van der Waals surface area contributed by atoms with Gasteiger partial charge in [0.05, 0.1) is 11.4 Å². The maximum Gasteiger partial charge on any atom is 0.317 e. The molecule has 1 saturated carbocycles. The summed E-state index contributed by atoms with van der Waals surface area (Å²) in [7, 11) is 0. The van der Waals surface area contributed by atoms with Gasteiger partial charge < -0.3 is 25.8 Å². The molecule has 0 aromatic heterocycles. The standard InChI is InChI=1S/C31H34ClN5O3/c1-2-33-31(40)37-15-7-14-36(16-17-37)28-13-12-23(19-27(28)35-29(38)22-10-6-11-24(32)18-22)30(39)34-26-20-25(26)21-8-4-3-5-9-21/h3-6,8-13,18-19,25-26H,2,7,14-17,20H2,1H3,(H,33,40)(H,34,39)(H,35,38). The summed E-state index contributed by atoms with van der Waals surface area (Å²) in [6, 6.07) is 22.4. The van der Waals surface area contributed by atoms with Crippen molar-refractivity contribution in [2.24, 2.45) is 0 Å². The van der Waals surface area contributed by atoms with Gasteiger partial charge in [-0.1, -0.05) is 48.0 Å². The van der Waals surface area contributed by atoms with Crippen LogP contribution in [-0.2, 0) is 0 Å². The van der Waals surface area contributed by atoms with E-state index in [0.29, 0.717) is 60.5 Å². The smallest absolute Gasteiger partial charge is 0.317 e. The van der Waals surface area contributed by atoms with Crippen molar-refractivity contribution in [3.8, 4) is 0 Å². The summed E-state index contributed by atoms with van der Waals surface area (Å²) in [5.74, 6) is -0.172. The zero-order chi connectivity index (χ0) is 28.1. The summed E-state index contributed by atoms with van der Waals surface area (Å²) in [6.45, 7) is 5.00. The molecule has 1 saturated heterocycles. The van der Waals surface area contributed by atoms with Crippen LogP contribution in [0.25, 0.3) is 0 Å². The molecule has 1 aliphatic carbocycles. The van der Waals surface area contributed by atoms with Gasteiger partial charge in [0, 0.05) is 60.8 Å². The molecular formula is C31H34ClN5O3. The molecule has 0 bridgehead atoms. The van der Waals surface area contributed by atoms with E-state index in [2.05, 4.69) is 33.0 Å². The number of halogens is 1. The fraction of sp³-hybridized carbons (Fsp3) is 0.323. The van der Waals surface area contributed by atoms with Crippen molar-refractivity contribution in [1.29, 1.82) is 0 Å². The average Bonchev–Trinajstić information content (AvgIpc) is 3.76. The summed E-state index contributed by atoms with van der Waals surface area (Å²) in [6.07, 6.45) is 1.69. The number of hydrogen-bond donors (Lipinski definition) is 3. The van der Waals surface area contributed by atoms with Crippen LogP contribution in [0.5, 0.6) is 0 Å². The Bertz CT molecular complexity index is 1380. The first-order valence-corrected chi connectivity index (χ1v) is 14.1. The monoisotopic (exact) mass is 559 g/mol. The molecule has 3 aromatic rings. The molecule has 40 heavy (non-hydrogen) atoms. The first-order chi connectivity index (χ1) is 19.4. The van der Waals surface area contributed by atoms with Gasteiger partial charge in [-0.2, -0.15) is 0 Å². The van der Waals surface area contributed by atoms with Crippen LogP contribution in [0.15, 0.2) is 72.8 Å². The lowest BCUT2D eigenvalue weighted by Crippen LogP contribution is -2.42. The highest BCUT2D eigenvalue weighted by Crippen LogP contribution is 2.41. The SMILES string of the molecule is CCNC(=O)N1CCCN(c2ccc(C(=O)NC3CC3c3ccccc3)cc2NC(=O)c2cccc(Cl)c2)CC1. The zero-order valence-electron chi connectivity index (χ0n) is 22.5. The van der Waals surface area contributed by atoms with Crippen molar-refractivity contribution in [1.82, 2.24) is 15.5 Å². The second-order valence-electron chi connectivity index (χ2n) is 10.2. The predicted molar refractivity (Wildman–Crippen MR) is 158 cm³/mol. The molecule has 0 spiro atoms. The number of rotatable bonds is 7. The molecule has 5 rings (SSSR count). The minimum absolute atomic E-state index is 0.0697. The van der Waals surface area contributed by atoms with E-state index in [1.165, 1.54) is 5.56 Å². The lowest BCUT2D eigenvalue weighted by atomic mass is 10.1. The molecule has 1 heterocycles. The molecule has 2 unspecified atom stereocenters. The van der Waals surface area contributed by atoms with Crippen molar-refractivity contribution in [2.75, 3.05) is 42.9 Å². The van der Waals surface area contributed by atoms with Gasteiger partial charge in [0.2, 0.25) is 0 Å². The van der Waals surface area contributed by atoms with Crippen LogP contribution in [0.1, 0.15) is 52.0 Å². The van der Waals surface area contributed by atoms with Gasteiger partial charge in [0.15, 0.2) is 0 Å². The highest BCUT2D eigenvalue weighted by atomic mass is 35.5. The third-order valence-corrected chi connectivity index (χ3v) is 7.62. The van der Waals surface area contributed by atoms with Gasteiger partial charge in [-0.25, -0.2) is 4.79 Å². The molecule has 2 fully saturated rings. The highest BCUT2D eigenvalue weighted by molar-refractivity contribution is 6.31. The van der Waals surface area contributed by atoms with E-state index in [0.717, 1.165) is 18.5 Å². The summed E-state index contributed by atoms with van der Waals surface area (Å²) in [5, 5.41) is 9.49. The largest absolute Gasteiger partial charge is 0.368 e. The first-order valence-electron chi connectivity index (χ1n) is 13.8. The van der Waals surface area contributed by atoms with Gasteiger partial charge in [-0.05, 0) is 61.7 Å². The molecular weight excluding hydrogens is 526 g/mol. The molecule has 208 valence electrons. The molecule has 9 heteroatoms. The number of nitrogens with zero attached hydrogens (tertiary/aromatic N) is 2. The lowest BCUT2D eigenvalue weighted by molar-refractivity contribution is 0.0949. The van der Waals surface area contributed by atoms with Crippen LogP contribution in [0.3, 0.4) is 0 Å². The fourth-order valence-electron chi connectivity index (χ4n) is 5.18. The normalized spacial score (nSPS) is 18.4. The number of amides is 4. The second-order valence-corrected chi connectivity index (χ2v) is 10.6. The molecule has 3 N–H and O–H groups in total. The number of carbonyl (C=O) groups is 3. The quantitative estimate of drug-likeness (QED) is 0.374. The van der Waals surface area contributed by atoms with Gasteiger partial charge in [-0.3, -0.25) is 9.59 Å². The minimum Gasteiger partial charge on any atom is -0.368 e. The van der Waals surface area contributed by atoms with E-state index in [1.807, 2.05) is 36.1 Å². The van der Waals surface area contributed by atoms with Gasteiger partial charge >= 0.3 is 6.03 Å². The van der Waals surface area contributed by atoms with Crippen molar-refractivity contribution in [3.63, 3.8) is 0 Å². The van der Waals surface area contributed by atoms with E-state index in [1.54, 1.807) is 36.4 Å². The molecule has 0 radical (unpaired) electrons. The topological polar surface area (TPSA) is 93.8 Å². The summed E-state index contributed by atoms with van der Waals surface area (Å²) in [4.78, 5) is 42.8. The minimum atomic E-state index is -0.314. The molecule has 3 aromatic carbocycles. The van der Waals surface area contributed by atoms with Crippen molar-refractivity contribution < 1.29 is 14.4 Å². The molecule has 2 aliphatic rings. The van der Waals surface area contributed by atoms with E-state index >= 15 is 0 Å². The maximum atomic E-state index is 13.2. The van der Waals surface area contributed by atoms with Crippen molar-refractivity contribution >= 4 is 40.8 Å². The Labute approximate surface area is 239 Å². The Morgan fingerprint density at radius 2 is 1.68 bits per heavy atom. The molecule has 1 aliphatic heterocycles. The molecule has 2 atom stereocenters. The molecule has 8 nitrogen and oxygen atoms in total. The predicted octanol–water partition coefficient (Wildman–Crippen LogP) is 5.12. The maximum absolute atomic E-state index is 13.2. The average molecular weight is 560 g/mol. The van der Waals surface area contributed by atoms with Gasteiger partial charge in [0.25, 0.3) is 11.8 Å². The number of anilines is 2. The van der Waals surface area contributed by atoms with Crippen LogP contribution < -0.4 is 20.9 Å². The number of benzene rings is 3. The second kappa shape index (κ2) is 12.4. The Morgan fingerprint density at radius 1 is 0.875 bits per heavy atom. The molecule has 4 amide bonds. The van der Waals surface area contributed by atoms with Crippen molar-refractivity contribution in [3.05, 3.63) is 94.5 Å². The van der Waals surface area contributed by atoms with Crippen LogP contribution in [-0.4, -0.2) is 61.5 Å². The number of urea groups is 1. The van der Waals surface area contributed by atoms with E-state index in [9.17, 15) is 14.4 Å². The van der Waals surface area contributed by atoms with E-state index in [-0.39, 0.29) is 23.9 Å².